The van der Waals surface area contributed by atoms with Crippen molar-refractivity contribution in [2.75, 3.05) is 32.7 Å². The maximum Gasteiger partial charge on any atom is 0.410 e. The standard InChI is InChI=1S/C23H31N3O3/c27-22-12-16-25(23(28)29-18-19-7-3-1-4-8-19)17-21-10-9-20(26(21)22)11-15-24-13-5-2-6-14-24/h1,3-4,7-9,21H,2,5-6,10-18H2. The fraction of sp³-hybridized carbons (Fsp3) is 0.565. The van der Waals surface area contributed by atoms with E-state index >= 15 is 0 Å². The van der Waals surface area contributed by atoms with Crippen LogP contribution in [0.25, 0.3) is 0 Å². The van der Waals surface area contributed by atoms with Crippen molar-refractivity contribution in [1.29, 1.82) is 0 Å². The predicted molar refractivity (Wildman–Crippen MR) is 111 cm³/mol. The number of likely N-dealkylation sites (tertiary alicyclic amines) is 1. The average molecular weight is 398 g/mol. The summed E-state index contributed by atoms with van der Waals surface area (Å²) in [6, 6.07) is 9.73. The topological polar surface area (TPSA) is 53.1 Å². The van der Waals surface area contributed by atoms with E-state index in [-0.39, 0.29) is 24.6 Å². The highest BCUT2D eigenvalue weighted by Gasteiger charge is 2.36. The van der Waals surface area contributed by atoms with Gasteiger partial charge in [-0.15, -0.1) is 0 Å². The third kappa shape index (κ3) is 4.99. The lowest BCUT2D eigenvalue weighted by Crippen LogP contribution is -2.41. The second kappa shape index (κ2) is 9.44. The Hall–Kier alpha value is -2.34. The van der Waals surface area contributed by atoms with Crippen LogP contribution in [0, 0.1) is 0 Å². The van der Waals surface area contributed by atoms with Gasteiger partial charge in [0.15, 0.2) is 0 Å². The lowest BCUT2D eigenvalue weighted by Gasteiger charge is -2.30. The minimum absolute atomic E-state index is 0.0469. The van der Waals surface area contributed by atoms with Gasteiger partial charge in [0.25, 0.3) is 0 Å². The summed E-state index contributed by atoms with van der Waals surface area (Å²) in [6.45, 7) is 4.60. The van der Waals surface area contributed by atoms with Gasteiger partial charge in [-0.2, -0.15) is 0 Å². The number of hydrogen-bond acceptors (Lipinski definition) is 4. The molecule has 0 N–H and O–H groups in total. The number of benzene rings is 1. The van der Waals surface area contributed by atoms with Crippen molar-refractivity contribution in [2.24, 2.45) is 0 Å². The number of rotatable bonds is 5. The number of hydrogen-bond donors (Lipinski definition) is 0. The monoisotopic (exact) mass is 397 g/mol. The van der Waals surface area contributed by atoms with Gasteiger partial charge in [0.2, 0.25) is 5.91 Å². The fourth-order valence-electron chi connectivity index (χ4n) is 4.58. The van der Waals surface area contributed by atoms with Crippen LogP contribution in [0.2, 0.25) is 0 Å². The van der Waals surface area contributed by atoms with Crippen LogP contribution in [0.3, 0.4) is 0 Å². The van der Waals surface area contributed by atoms with Crippen molar-refractivity contribution in [2.45, 2.75) is 51.2 Å². The van der Waals surface area contributed by atoms with Gasteiger partial charge >= 0.3 is 6.09 Å². The highest BCUT2D eigenvalue weighted by atomic mass is 16.6. The van der Waals surface area contributed by atoms with E-state index in [0.717, 1.165) is 30.6 Å². The molecule has 3 heterocycles. The maximum atomic E-state index is 12.8. The van der Waals surface area contributed by atoms with E-state index < -0.39 is 0 Å². The lowest BCUT2D eigenvalue weighted by molar-refractivity contribution is -0.129. The maximum absolute atomic E-state index is 12.8. The summed E-state index contributed by atoms with van der Waals surface area (Å²) < 4.78 is 5.49. The minimum atomic E-state index is -0.328. The summed E-state index contributed by atoms with van der Waals surface area (Å²) in [5, 5.41) is 0. The predicted octanol–water partition coefficient (Wildman–Crippen LogP) is 3.39. The van der Waals surface area contributed by atoms with Crippen LogP contribution in [0.4, 0.5) is 4.79 Å². The molecule has 2 fully saturated rings. The summed E-state index contributed by atoms with van der Waals surface area (Å²) in [5.74, 6) is 0.135. The molecule has 2 saturated heterocycles. The molecule has 4 rings (SSSR count). The lowest BCUT2D eigenvalue weighted by atomic mass is 10.1. The summed E-state index contributed by atoms with van der Waals surface area (Å²) in [4.78, 5) is 31.6. The summed E-state index contributed by atoms with van der Waals surface area (Å²) in [5.41, 5.74) is 2.11. The first-order valence-electron chi connectivity index (χ1n) is 10.9. The Balaban J connectivity index is 1.31. The number of carbonyl (C=O) groups excluding carboxylic acids is 2. The smallest absolute Gasteiger partial charge is 0.410 e. The molecule has 6 nitrogen and oxygen atoms in total. The van der Waals surface area contributed by atoms with Crippen molar-refractivity contribution in [1.82, 2.24) is 14.7 Å². The van der Waals surface area contributed by atoms with Crippen LogP contribution in [0.1, 0.15) is 44.1 Å². The van der Waals surface area contributed by atoms with Crippen LogP contribution in [-0.2, 0) is 16.1 Å². The molecule has 6 heteroatoms. The highest BCUT2D eigenvalue weighted by Crippen LogP contribution is 2.29. The number of piperidine rings is 1. The van der Waals surface area contributed by atoms with Crippen molar-refractivity contribution in [3.05, 3.63) is 47.7 Å². The Morgan fingerprint density at radius 3 is 2.66 bits per heavy atom. The zero-order chi connectivity index (χ0) is 20.1. The first kappa shape index (κ1) is 20.0. The largest absolute Gasteiger partial charge is 0.445 e. The fourth-order valence-corrected chi connectivity index (χ4v) is 4.58. The number of fused-ring (bicyclic) bond motifs is 1. The molecule has 0 bridgehead atoms. The summed E-state index contributed by atoms with van der Waals surface area (Å²) >= 11 is 0. The molecule has 0 spiro atoms. The van der Waals surface area contributed by atoms with Crippen molar-refractivity contribution < 1.29 is 14.3 Å². The molecule has 3 aliphatic heterocycles. The summed E-state index contributed by atoms with van der Waals surface area (Å²) in [7, 11) is 0. The van der Waals surface area contributed by atoms with Gasteiger partial charge in [-0.05, 0) is 37.9 Å². The van der Waals surface area contributed by atoms with Crippen molar-refractivity contribution in [3.63, 3.8) is 0 Å². The Morgan fingerprint density at radius 2 is 1.86 bits per heavy atom. The molecule has 3 aliphatic rings. The van der Waals surface area contributed by atoms with E-state index in [1.54, 1.807) is 4.90 Å². The SMILES string of the molecule is O=C(OCc1ccccc1)N1CCC(=O)N2C(CCN3CCCCC3)=CCC2C1. The van der Waals surface area contributed by atoms with Crippen LogP contribution < -0.4 is 0 Å². The third-order valence-corrected chi connectivity index (χ3v) is 6.19. The normalized spacial score (nSPS) is 22.8. The van der Waals surface area contributed by atoms with E-state index in [4.69, 9.17) is 4.74 Å². The van der Waals surface area contributed by atoms with Gasteiger partial charge < -0.3 is 19.4 Å². The number of carbonyl (C=O) groups is 2. The van der Waals surface area contributed by atoms with Crippen LogP contribution in [0.15, 0.2) is 42.1 Å². The first-order valence-corrected chi connectivity index (χ1v) is 10.9. The number of amides is 2. The minimum Gasteiger partial charge on any atom is -0.445 e. The quantitative estimate of drug-likeness (QED) is 0.764. The molecule has 0 saturated carbocycles. The van der Waals surface area contributed by atoms with Gasteiger partial charge in [0, 0.05) is 38.2 Å². The van der Waals surface area contributed by atoms with Crippen LogP contribution in [0.5, 0.6) is 0 Å². The molecular formula is C23H31N3O3. The molecule has 156 valence electrons. The zero-order valence-corrected chi connectivity index (χ0v) is 17.1. The molecule has 1 aromatic carbocycles. The van der Waals surface area contributed by atoms with Gasteiger partial charge in [-0.1, -0.05) is 42.8 Å². The van der Waals surface area contributed by atoms with Crippen molar-refractivity contribution in [3.8, 4) is 0 Å². The van der Waals surface area contributed by atoms with E-state index in [1.165, 1.54) is 32.4 Å². The molecule has 1 atom stereocenters. The Morgan fingerprint density at radius 1 is 1.07 bits per heavy atom. The van der Waals surface area contributed by atoms with Gasteiger partial charge in [-0.25, -0.2) is 4.79 Å². The van der Waals surface area contributed by atoms with Gasteiger partial charge in [-0.3, -0.25) is 4.79 Å². The Kier molecular flexibility index (Phi) is 6.49. The van der Waals surface area contributed by atoms with E-state index in [1.807, 2.05) is 35.2 Å². The molecule has 29 heavy (non-hydrogen) atoms. The third-order valence-electron chi connectivity index (χ3n) is 6.19. The van der Waals surface area contributed by atoms with E-state index in [2.05, 4.69) is 11.0 Å². The summed E-state index contributed by atoms with van der Waals surface area (Å²) in [6.07, 6.45) is 7.87. The Bertz CT molecular complexity index is 743. The van der Waals surface area contributed by atoms with Crippen LogP contribution >= 0.6 is 0 Å². The molecule has 1 unspecified atom stereocenters. The second-order valence-corrected chi connectivity index (χ2v) is 8.24. The number of ether oxygens (including phenoxy) is 1. The molecular weight excluding hydrogens is 366 g/mol. The molecule has 0 aliphatic carbocycles. The molecule has 1 aromatic rings. The van der Waals surface area contributed by atoms with Crippen molar-refractivity contribution >= 4 is 12.0 Å². The number of nitrogens with zero attached hydrogens (tertiary/aromatic N) is 3. The average Bonchev–Trinajstić information content (AvgIpc) is 3.09. The second-order valence-electron chi connectivity index (χ2n) is 8.24. The molecule has 0 radical (unpaired) electrons. The molecule has 0 aromatic heterocycles. The van der Waals surface area contributed by atoms with E-state index in [0.29, 0.717) is 19.5 Å². The van der Waals surface area contributed by atoms with Gasteiger partial charge in [0.05, 0.1) is 6.04 Å². The first-order chi connectivity index (χ1) is 14.2. The Labute approximate surface area is 173 Å². The van der Waals surface area contributed by atoms with Gasteiger partial charge in [0.1, 0.15) is 6.61 Å². The zero-order valence-electron chi connectivity index (χ0n) is 17.1. The molecule has 2 amide bonds. The van der Waals surface area contributed by atoms with E-state index in [9.17, 15) is 9.59 Å². The highest BCUT2D eigenvalue weighted by molar-refractivity contribution is 5.80. The van der Waals surface area contributed by atoms with Crippen LogP contribution in [-0.4, -0.2) is 65.5 Å².